The number of nitrogens with zero attached hydrogens (tertiary/aromatic N) is 2. The monoisotopic (exact) mass is 523 g/mol. The van der Waals surface area contributed by atoms with E-state index in [-0.39, 0.29) is 24.1 Å². The van der Waals surface area contributed by atoms with Crippen molar-refractivity contribution in [3.8, 4) is 0 Å². The third-order valence-corrected chi connectivity index (χ3v) is 6.83. The molecule has 35 heavy (non-hydrogen) atoms. The Hall–Kier alpha value is -2.51. The number of amides is 1. The Morgan fingerprint density at radius 2 is 1.60 bits per heavy atom. The molecule has 0 aromatic heterocycles. The van der Waals surface area contributed by atoms with Gasteiger partial charge in [-0.3, -0.25) is 4.79 Å². The molecule has 192 valence electrons. The van der Waals surface area contributed by atoms with Crippen molar-refractivity contribution in [1.29, 1.82) is 0 Å². The maximum absolute atomic E-state index is 13.5. The largest absolute Gasteiger partial charge is 0.338 e. The van der Waals surface area contributed by atoms with Crippen LogP contribution in [-0.2, 0) is 31.3 Å². The first-order chi connectivity index (χ1) is 16.4. The van der Waals surface area contributed by atoms with E-state index in [0.717, 1.165) is 49.0 Å². The lowest BCUT2D eigenvalue weighted by Gasteiger charge is -2.32. The SMILES string of the molecule is CN(C(=O)Cc1ccccc1N(NS(C)(=O)=O)NS(C)(=O)=O)[C@@H](CC1CCCN1)c1ccccc1. The van der Waals surface area contributed by atoms with Gasteiger partial charge >= 0.3 is 0 Å². The standard InChI is InChI=1S/C23H33N5O5S2/c1-27(22(17-20-13-9-15-24-20)18-10-5-4-6-11-18)23(29)16-19-12-7-8-14-21(19)28(25-34(2,30)31)26-35(3,32)33/h4-8,10-12,14,20,22,24-26H,9,13,15-17H2,1-3H3/t20?,22-/m0/s1. The van der Waals surface area contributed by atoms with Crippen LogP contribution < -0.4 is 20.1 Å². The maximum Gasteiger partial charge on any atom is 0.227 e. The van der Waals surface area contributed by atoms with Gasteiger partial charge in [0, 0.05) is 13.1 Å². The topological polar surface area (TPSA) is 128 Å². The molecular formula is C23H33N5O5S2. The molecule has 1 heterocycles. The van der Waals surface area contributed by atoms with Crippen LogP contribution in [0.1, 0.15) is 36.4 Å². The summed E-state index contributed by atoms with van der Waals surface area (Å²) in [7, 11) is -5.88. The van der Waals surface area contributed by atoms with Gasteiger partial charge in [-0.15, -0.1) is 9.66 Å². The minimum absolute atomic E-state index is 0.0541. The van der Waals surface area contributed by atoms with Crippen LogP contribution in [0.5, 0.6) is 0 Å². The average molecular weight is 524 g/mol. The fourth-order valence-electron chi connectivity index (χ4n) is 4.21. The quantitative estimate of drug-likeness (QED) is 0.379. The molecule has 1 amide bonds. The molecule has 12 heteroatoms. The normalized spacial score (nSPS) is 17.2. The van der Waals surface area contributed by atoms with Crippen molar-refractivity contribution in [2.24, 2.45) is 0 Å². The molecular weight excluding hydrogens is 490 g/mol. The summed E-state index contributed by atoms with van der Waals surface area (Å²) in [6, 6.07) is 16.6. The Kier molecular flexibility index (Phi) is 8.89. The van der Waals surface area contributed by atoms with Crippen LogP contribution in [-0.4, -0.2) is 59.8 Å². The third-order valence-electron chi connectivity index (χ3n) is 5.80. The fraction of sp³-hybridized carbons (Fsp3) is 0.435. The summed E-state index contributed by atoms with van der Waals surface area (Å²) in [5.74, 6) is -0.178. The molecule has 1 fully saturated rings. The van der Waals surface area contributed by atoms with Gasteiger partial charge in [0.25, 0.3) is 0 Å². The number of carbonyl (C=O) groups excluding carboxylic acids is 1. The molecule has 3 rings (SSSR count). The minimum atomic E-state index is -3.82. The van der Waals surface area contributed by atoms with Crippen LogP contribution in [0.4, 0.5) is 5.69 Å². The zero-order valence-electron chi connectivity index (χ0n) is 20.1. The molecule has 0 aliphatic carbocycles. The van der Waals surface area contributed by atoms with Gasteiger partial charge < -0.3 is 10.2 Å². The lowest BCUT2D eigenvalue weighted by atomic mass is 9.96. The highest BCUT2D eigenvalue weighted by Gasteiger charge is 2.28. The van der Waals surface area contributed by atoms with Crippen LogP contribution in [0.3, 0.4) is 0 Å². The fourth-order valence-corrected chi connectivity index (χ4v) is 5.22. The first-order valence-corrected chi connectivity index (χ1v) is 15.1. The van der Waals surface area contributed by atoms with Crippen LogP contribution in [0, 0.1) is 0 Å². The molecule has 1 aliphatic rings. The Bertz CT molecular complexity index is 1180. The number of carbonyl (C=O) groups is 1. The first kappa shape index (κ1) is 27.1. The molecule has 0 radical (unpaired) electrons. The van der Waals surface area contributed by atoms with E-state index in [0.29, 0.717) is 11.6 Å². The first-order valence-electron chi connectivity index (χ1n) is 11.3. The lowest BCUT2D eigenvalue weighted by Crippen LogP contribution is -2.53. The van der Waals surface area contributed by atoms with E-state index in [1.165, 1.54) is 6.07 Å². The number of nitrogens with one attached hydrogen (secondary N) is 3. The Balaban J connectivity index is 1.87. The zero-order chi connectivity index (χ0) is 25.6. The number of hydrazine groups is 2. The summed E-state index contributed by atoms with van der Waals surface area (Å²) < 4.78 is 47.5. The van der Waals surface area contributed by atoms with Gasteiger partial charge in [-0.2, -0.15) is 0 Å². The van der Waals surface area contributed by atoms with E-state index in [1.54, 1.807) is 30.1 Å². The molecule has 10 nitrogen and oxygen atoms in total. The summed E-state index contributed by atoms with van der Waals surface area (Å²) in [6.45, 7) is 0.966. The van der Waals surface area contributed by atoms with E-state index in [4.69, 9.17) is 0 Å². The van der Waals surface area contributed by atoms with Crippen molar-refractivity contribution in [2.75, 3.05) is 31.2 Å². The van der Waals surface area contributed by atoms with E-state index >= 15 is 0 Å². The molecule has 2 aromatic rings. The highest BCUT2D eigenvalue weighted by atomic mass is 32.2. The number of anilines is 1. The van der Waals surface area contributed by atoms with E-state index in [1.807, 2.05) is 30.3 Å². The summed E-state index contributed by atoms with van der Waals surface area (Å²) >= 11 is 0. The second kappa shape index (κ2) is 11.5. The molecule has 1 aliphatic heterocycles. The van der Waals surface area contributed by atoms with Gasteiger partial charge in [0.05, 0.1) is 30.7 Å². The van der Waals surface area contributed by atoms with Gasteiger partial charge in [0.2, 0.25) is 26.0 Å². The summed E-state index contributed by atoms with van der Waals surface area (Å²) in [5.41, 5.74) is 1.70. The van der Waals surface area contributed by atoms with Crippen LogP contribution >= 0.6 is 0 Å². The molecule has 1 saturated heterocycles. The number of rotatable bonds is 11. The molecule has 2 atom stereocenters. The summed E-state index contributed by atoms with van der Waals surface area (Å²) in [4.78, 5) is 19.5. The highest BCUT2D eigenvalue weighted by Crippen LogP contribution is 2.29. The van der Waals surface area contributed by atoms with Gasteiger partial charge in [0.15, 0.2) is 0 Å². The predicted molar refractivity (Wildman–Crippen MR) is 136 cm³/mol. The van der Waals surface area contributed by atoms with Crippen LogP contribution in [0.15, 0.2) is 54.6 Å². The molecule has 2 aromatic carbocycles. The van der Waals surface area contributed by atoms with Crippen molar-refractivity contribution in [1.82, 2.24) is 19.9 Å². The minimum Gasteiger partial charge on any atom is -0.338 e. The number of hydrogen-bond donors (Lipinski definition) is 3. The predicted octanol–water partition coefficient (Wildman–Crippen LogP) is 1.31. The van der Waals surface area contributed by atoms with E-state index in [2.05, 4.69) is 15.0 Å². The number of benzene rings is 2. The van der Waals surface area contributed by atoms with Crippen molar-refractivity contribution >= 4 is 31.6 Å². The van der Waals surface area contributed by atoms with Gasteiger partial charge in [0.1, 0.15) is 0 Å². The Labute approximate surface area is 207 Å². The Morgan fingerprint density at radius 1 is 1.00 bits per heavy atom. The number of likely N-dealkylation sites (N-methyl/N-ethyl adjacent to an activating group) is 1. The molecule has 0 bridgehead atoms. The molecule has 1 unspecified atom stereocenters. The highest BCUT2D eigenvalue weighted by molar-refractivity contribution is 7.89. The zero-order valence-corrected chi connectivity index (χ0v) is 21.8. The summed E-state index contributed by atoms with van der Waals surface area (Å²) in [6.07, 6.45) is 4.69. The van der Waals surface area contributed by atoms with Crippen LogP contribution in [0.2, 0.25) is 0 Å². The number of sulfonamides is 2. The smallest absolute Gasteiger partial charge is 0.227 e. The number of hydrogen-bond acceptors (Lipinski definition) is 7. The van der Waals surface area contributed by atoms with Crippen molar-refractivity contribution < 1.29 is 21.6 Å². The maximum atomic E-state index is 13.5. The third kappa shape index (κ3) is 8.29. The summed E-state index contributed by atoms with van der Waals surface area (Å²) in [5, 5.41) is 4.30. The lowest BCUT2D eigenvalue weighted by molar-refractivity contribution is -0.131. The van der Waals surface area contributed by atoms with E-state index in [9.17, 15) is 21.6 Å². The van der Waals surface area contributed by atoms with Crippen molar-refractivity contribution in [2.45, 2.75) is 37.8 Å². The molecule has 0 spiro atoms. The molecule has 3 N–H and O–H groups in total. The van der Waals surface area contributed by atoms with Gasteiger partial charge in [-0.05, 0) is 43.0 Å². The van der Waals surface area contributed by atoms with Crippen molar-refractivity contribution in [3.05, 3.63) is 65.7 Å². The molecule has 0 saturated carbocycles. The van der Waals surface area contributed by atoms with Crippen LogP contribution in [0.25, 0.3) is 0 Å². The van der Waals surface area contributed by atoms with Crippen molar-refractivity contribution in [3.63, 3.8) is 0 Å². The van der Waals surface area contributed by atoms with E-state index < -0.39 is 20.0 Å². The second-order valence-corrected chi connectivity index (χ2v) is 12.3. The average Bonchev–Trinajstić information content (AvgIpc) is 3.29. The Morgan fingerprint density at radius 3 is 2.17 bits per heavy atom. The van der Waals surface area contributed by atoms with Gasteiger partial charge in [-0.1, -0.05) is 48.5 Å². The second-order valence-electron chi connectivity index (χ2n) is 8.83. The number of para-hydroxylation sites is 1. The van der Waals surface area contributed by atoms with Gasteiger partial charge in [-0.25, -0.2) is 22.0 Å².